The van der Waals surface area contributed by atoms with Crippen molar-refractivity contribution in [1.29, 1.82) is 0 Å². The van der Waals surface area contributed by atoms with Crippen LogP contribution >= 0.6 is 11.6 Å². The molecule has 0 saturated carbocycles. The number of nitrogens with zero attached hydrogens (tertiary/aromatic N) is 1. The van der Waals surface area contributed by atoms with Gasteiger partial charge in [0.2, 0.25) is 0 Å². The van der Waals surface area contributed by atoms with E-state index in [2.05, 4.69) is 0 Å². The van der Waals surface area contributed by atoms with Gasteiger partial charge in [-0.25, -0.2) is 0 Å². The van der Waals surface area contributed by atoms with Crippen LogP contribution in [0, 0.1) is 0 Å². The smallest absolute Gasteiger partial charge is 0.260 e. The SMILES string of the molecule is CC(N)Cc1c(Cl)cccc1OCC(=O)N1CCCC1. The van der Waals surface area contributed by atoms with Crippen molar-refractivity contribution in [1.82, 2.24) is 4.90 Å². The Balaban J connectivity index is 2.01. The van der Waals surface area contributed by atoms with Gasteiger partial charge in [-0.2, -0.15) is 0 Å². The summed E-state index contributed by atoms with van der Waals surface area (Å²) in [5, 5.41) is 0.633. The predicted octanol–water partition coefficient (Wildman–Crippen LogP) is 2.23. The second kappa shape index (κ2) is 6.95. The van der Waals surface area contributed by atoms with Gasteiger partial charge in [0.25, 0.3) is 5.91 Å². The van der Waals surface area contributed by atoms with E-state index in [1.807, 2.05) is 30.0 Å². The Bertz CT molecular complexity index is 471. The lowest BCUT2D eigenvalue weighted by Gasteiger charge is -2.18. The summed E-state index contributed by atoms with van der Waals surface area (Å²) >= 11 is 6.18. The van der Waals surface area contributed by atoms with Gasteiger partial charge in [0.15, 0.2) is 6.61 Å². The molecule has 0 bridgehead atoms. The molecule has 0 spiro atoms. The molecule has 1 heterocycles. The standard InChI is InChI=1S/C15H21ClN2O2/c1-11(17)9-12-13(16)5-4-6-14(12)20-10-15(19)18-7-2-3-8-18/h4-6,11H,2-3,7-10,17H2,1H3. The van der Waals surface area contributed by atoms with E-state index in [0.29, 0.717) is 17.2 Å². The molecule has 1 saturated heterocycles. The zero-order valence-corrected chi connectivity index (χ0v) is 12.5. The van der Waals surface area contributed by atoms with E-state index in [9.17, 15) is 4.79 Å². The number of nitrogens with two attached hydrogens (primary N) is 1. The molecule has 5 heteroatoms. The molecule has 1 aromatic rings. The molecule has 1 aliphatic rings. The summed E-state index contributed by atoms with van der Waals surface area (Å²) < 4.78 is 5.66. The number of hydrogen-bond donors (Lipinski definition) is 1. The number of halogens is 1. The molecule has 1 amide bonds. The summed E-state index contributed by atoms with van der Waals surface area (Å²) in [4.78, 5) is 13.8. The number of likely N-dealkylation sites (tertiary alicyclic amines) is 1. The first-order chi connectivity index (χ1) is 9.58. The number of ether oxygens (including phenoxy) is 1. The van der Waals surface area contributed by atoms with Gasteiger partial charge in [-0.1, -0.05) is 17.7 Å². The highest BCUT2D eigenvalue weighted by molar-refractivity contribution is 6.31. The predicted molar refractivity (Wildman–Crippen MR) is 80.1 cm³/mol. The van der Waals surface area contributed by atoms with Crippen molar-refractivity contribution in [3.05, 3.63) is 28.8 Å². The Kier molecular flexibility index (Phi) is 5.26. The van der Waals surface area contributed by atoms with Crippen LogP contribution in [0.1, 0.15) is 25.3 Å². The third-order valence-electron chi connectivity index (χ3n) is 3.41. The van der Waals surface area contributed by atoms with E-state index in [1.54, 1.807) is 0 Å². The van der Waals surface area contributed by atoms with Gasteiger partial charge >= 0.3 is 0 Å². The highest BCUT2D eigenvalue weighted by atomic mass is 35.5. The topological polar surface area (TPSA) is 55.6 Å². The van der Waals surface area contributed by atoms with Crippen LogP contribution in [0.2, 0.25) is 5.02 Å². The number of benzene rings is 1. The third kappa shape index (κ3) is 3.87. The van der Waals surface area contributed by atoms with E-state index < -0.39 is 0 Å². The molecule has 110 valence electrons. The lowest BCUT2D eigenvalue weighted by molar-refractivity contribution is -0.132. The molecule has 1 fully saturated rings. The monoisotopic (exact) mass is 296 g/mol. The lowest BCUT2D eigenvalue weighted by Crippen LogP contribution is -2.32. The fraction of sp³-hybridized carbons (Fsp3) is 0.533. The molecule has 4 nitrogen and oxygen atoms in total. The quantitative estimate of drug-likeness (QED) is 0.906. The number of hydrogen-bond acceptors (Lipinski definition) is 3. The second-order valence-electron chi connectivity index (χ2n) is 5.27. The van der Waals surface area contributed by atoms with Crippen LogP contribution in [-0.2, 0) is 11.2 Å². The highest BCUT2D eigenvalue weighted by Gasteiger charge is 2.19. The third-order valence-corrected chi connectivity index (χ3v) is 3.77. The minimum absolute atomic E-state index is 0.00784. The van der Waals surface area contributed by atoms with Crippen molar-refractivity contribution in [3.8, 4) is 5.75 Å². The van der Waals surface area contributed by atoms with Crippen LogP contribution in [0.4, 0.5) is 0 Å². The maximum Gasteiger partial charge on any atom is 0.260 e. The summed E-state index contributed by atoms with van der Waals surface area (Å²) in [5.41, 5.74) is 6.70. The number of rotatable bonds is 5. The molecule has 0 radical (unpaired) electrons. The maximum absolute atomic E-state index is 12.0. The van der Waals surface area contributed by atoms with Crippen molar-refractivity contribution in [2.75, 3.05) is 19.7 Å². The zero-order chi connectivity index (χ0) is 14.5. The molecule has 2 N–H and O–H groups in total. The van der Waals surface area contributed by atoms with Gasteiger partial charge in [-0.15, -0.1) is 0 Å². The number of carbonyl (C=O) groups is 1. The Hall–Kier alpha value is -1.26. The molecule has 0 aliphatic carbocycles. The maximum atomic E-state index is 12.0. The van der Waals surface area contributed by atoms with E-state index >= 15 is 0 Å². The number of amides is 1. The van der Waals surface area contributed by atoms with E-state index in [-0.39, 0.29) is 18.6 Å². The van der Waals surface area contributed by atoms with Crippen molar-refractivity contribution < 1.29 is 9.53 Å². The summed E-state index contributed by atoms with van der Waals surface area (Å²) in [6.07, 6.45) is 2.80. The molecule has 1 unspecified atom stereocenters. The highest BCUT2D eigenvalue weighted by Crippen LogP contribution is 2.27. The van der Waals surface area contributed by atoms with Crippen molar-refractivity contribution >= 4 is 17.5 Å². The Morgan fingerprint density at radius 1 is 1.45 bits per heavy atom. The molecule has 0 aromatic heterocycles. The summed E-state index contributed by atoms with van der Waals surface area (Å²) in [6, 6.07) is 5.46. The van der Waals surface area contributed by atoms with Crippen molar-refractivity contribution in [2.45, 2.75) is 32.2 Å². The summed E-state index contributed by atoms with van der Waals surface area (Å²) in [6.45, 7) is 3.66. The fourth-order valence-corrected chi connectivity index (χ4v) is 2.63. The van der Waals surface area contributed by atoms with Crippen LogP contribution in [0.3, 0.4) is 0 Å². The molecular formula is C15H21ClN2O2. The first-order valence-electron chi connectivity index (χ1n) is 7.01. The molecular weight excluding hydrogens is 276 g/mol. The Morgan fingerprint density at radius 3 is 2.80 bits per heavy atom. The largest absolute Gasteiger partial charge is 0.483 e. The zero-order valence-electron chi connectivity index (χ0n) is 11.8. The van der Waals surface area contributed by atoms with Crippen molar-refractivity contribution in [3.63, 3.8) is 0 Å². The first-order valence-corrected chi connectivity index (χ1v) is 7.39. The van der Waals surface area contributed by atoms with Gasteiger partial charge in [0.1, 0.15) is 5.75 Å². The normalized spacial score (nSPS) is 16.2. The van der Waals surface area contributed by atoms with Crippen LogP contribution in [0.15, 0.2) is 18.2 Å². The average molecular weight is 297 g/mol. The summed E-state index contributed by atoms with van der Waals surface area (Å²) in [5.74, 6) is 0.691. The van der Waals surface area contributed by atoms with Gasteiger partial charge in [0, 0.05) is 29.7 Å². The van der Waals surface area contributed by atoms with E-state index in [0.717, 1.165) is 31.5 Å². The molecule has 2 rings (SSSR count). The fourth-order valence-electron chi connectivity index (χ4n) is 2.39. The van der Waals surface area contributed by atoms with Gasteiger partial charge in [0.05, 0.1) is 0 Å². The minimum atomic E-state index is -0.00784. The van der Waals surface area contributed by atoms with Crippen molar-refractivity contribution in [2.24, 2.45) is 5.73 Å². The molecule has 1 atom stereocenters. The molecule has 1 aliphatic heterocycles. The minimum Gasteiger partial charge on any atom is -0.483 e. The van der Waals surface area contributed by atoms with Crippen LogP contribution in [0.25, 0.3) is 0 Å². The average Bonchev–Trinajstić information content (AvgIpc) is 2.92. The second-order valence-corrected chi connectivity index (χ2v) is 5.68. The molecule has 20 heavy (non-hydrogen) atoms. The number of carbonyl (C=O) groups excluding carboxylic acids is 1. The summed E-state index contributed by atoms with van der Waals surface area (Å²) in [7, 11) is 0. The van der Waals surface area contributed by atoms with Gasteiger partial charge in [-0.3, -0.25) is 4.79 Å². The van der Waals surface area contributed by atoms with Crippen LogP contribution < -0.4 is 10.5 Å². The van der Waals surface area contributed by atoms with E-state index in [1.165, 1.54) is 0 Å². The van der Waals surface area contributed by atoms with Gasteiger partial charge in [-0.05, 0) is 38.3 Å². The Morgan fingerprint density at radius 2 is 2.15 bits per heavy atom. The van der Waals surface area contributed by atoms with Gasteiger partial charge < -0.3 is 15.4 Å². The van der Waals surface area contributed by atoms with Crippen LogP contribution in [0.5, 0.6) is 5.75 Å². The Labute approximate surface area is 124 Å². The first kappa shape index (κ1) is 15.1. The van der Waals surface area contributed by atoms with Crippen LogP contribution in [-0.4, -0.2) is 36.5 Å². The molecule has 1 aromatic carbocycles. The lowest BCUT2D eigenvalue weighted by atomic mass is 10.1. The van der Waals surface area contributed by atoms with E-state index in [4.69, 9.17) is 22.1 Å².